The molecule has 1 unspecified atom stereocenters. The number of ether oxygens (including phenoxy) is 2. The zero-order valence-corrected chi connectivity index (χ0v) is 17.6. The second-order valence-electron chi connectivity index (χ2n) is 8.70. The van der Waals surface area contributed by atoms with Gasteiger partial charge in [0.25, 0.3) is 0 Å². The number of aromatic nitrogens is 1. The average molecular weight is 430 g/mol. The van der Waals surface area contributed by atoms with E-state index >= 15 is 0 Å². The molecule has 1 aliphatic heterocycles. The van der Waals surface area contributed by atoms with Crippen molar-refractivity contribution in [2.45, 2.75) is 63.3 Å². The highest BCUT2D eigenvalue weighted by atomic mass is 32.1. The van der Waals surface area contributed by atoms with Crippen LogP contribution in [0.1, 0.15) is 64.8 Å². The summed E-state index contributed by atoms with van der Waals surface area (Å²) in [5.74, 6) is 0.192. The average Bonchev–Trinajstić information content (AvgIpc) is 3.36. The molecule has 2 N–H and O–H groups in total. The number of carboxylic acids is 1. The Bertz CT molecular complexity index is 928. The van der Waals surface area contributed by atoms with Gasteiger partial charge in [0.15, 0.2) is 5.69 Å². The minimum atomic E-state index is -1.01. The summed E-state index contributed by atoms with van der Waals surface area (Å²) < 4.78 is 12.4. The van der Waals surface area contributed by atoms with Crippen molar-refractivity contribution in [3.8, 4) is 5.75 Å². The highest BCUT2D eigenvalue weighted by Crippen LogP contribution is 2.46. The van der Waals surface area contributed by atoms with E-state index in [4.69, 9.17) is 14.6 Å². The molecule has 5 atom stereocenters. The van der Waals surface area contributed by atoms with Crippen LogP contribution in [0.5, 0.6) is 5.75 Å². The Morgan fingerprint density at radius 1 is 1.23 bits per heavy atom. The van der Waals surface area contributed by atoms with E-state index in [1.165, 1.54) is 35.3 Å². The van der Waals surface area contributed by atoms with E-state index in [2.05, 4.69) is 23.2 Å². The van der Waals surface area contributed by atoms with E-state index in [1.54, 1.807) is 5.38 Å². The minimum Gasteiger partial charge on any atom is -0.493 e. The number of aromatic carboxylic acids is 1. The maximum Gasteiger partial charge on any atom is 0.355 e. The molecular formula is C23H27NO5S. The second kappa shape index (κ2) is 8.29. The van der Waals surface area contributed by atoms with E-state index in [0.717, 1.165) is 31.4 Å². The van der Waals surface area contributed by atoms with Gasteiger partial charge in [0.1, 0.15) is 16.9 Å². The molecule has 1 aromatic heterocycles. The van der Waals surface area contributed by atoms with Crippen LogP contribution in [0.4, 0.5) is 0 Å². The molecule has 2 aliphatic carbocycles. The number of fused-ring (bicyclic) bond motifs is 2. The predicted molar refractivity (Wildman–Crippen MR) is 112 cm³/mol. The van der Waals surface area contributed by atoms with Crippen LogP contribution in [0.25, 0.3) is 0 Å². The highest BCUT2D eigenvalue weighted by Gasteiger charge is 2.47. The smallest absolute Gasteiger partial charge is 0.355 e. The molecule has 1 saturated heterocycles. The van der Waals surface area contributed by atoms with Gasteiger partial charge in [0.2, 0.25) is 0 Å². The summed E-state index contributed by atoms with van der Waals surface area (Å²) in [6, 6.07) is 6.41. The number of aryl methyl sites for hydroxylation is 2. The Labute approximate surface area is 179 Å². The van der Waals surface area contributed by atoms with Crippen molar-refractivity contribution in [3.05, 3.63) is 45.4 Å². The molecule has 2 fully saturated rings. The summed E-state index contributed by atoms with van der Waals surface area (Å²) in [5, 5.41) is 22.0. The molecule has 6 nitrogen and oxygen atoms in total. The van der Waals surface area contributed by atoms with E-state index in [1.807, 2.05) is 0 Å². The molecule has 5 rings (SSSR count). The Hall–Kier alpha value is -1.96. The number of aliphatic hydroxyl groups is 1. The first-order valence-electron chi connectivity index (χ1n) is 10.9. The lowest BCUT2D eigenvalue weighted by molar-refractivity contribution is -0.0811. The van der Waals surface area contributed by atoms with Gasteiger partial charge in [0, 0.05) is 17.7 Å². The molecule has 1 aromatic carbocycles. The summed E-state index contributed by atoms with van der Waals surface area (Å²) in [4.78, 5) is 15.3. The molecule has 3 aliphatic rings. The summed E-state index contributed by atoms with van der Waals surface area (Å²) in [5.41, 5.74) is 2.91. The fourth-order valence-corrected chi connectivity index (χ4v) is 6.13. The topological polar surface area (TPSA) is 88.9 Å². The predicted octanol–water partition coefficient (Wildman–Crippen LogP) is 4.02. The Kier molecular flexibility index (Phi) is 5.52. The first-order valence-corrected chi connectivity index (χ1v) is 11.7. The van der Waals surface area contributed by atoms with E-state index in [9.17, 15) is 9.90 Å². The van der Waals surface area contributed by atoms with Gasteiger partial charge in [-0.25, -0.2) is 9.78 Å². The lowest BCUT2D eigenvalue weighted by atomic mass is 9.87. The molecule has 2 aromatic rings. The monoisotopic (exact) mass is 429 g/mol. The SMILES string of the molecule is O=C(O)c1csc([C@H]2CC[C@@H]3C(COc4ccc5c(c4)CCCC5)[C@@H](O)C[C@@H]3O2)n1. The number of aliphatic hydroxyl groups excluding tert-OH is 1. The number of nitrogens with zero attached hydrogens (tertiary/aromatic N) is 1. The molecule has 0 amide bonds. The Balaban J connectivity index is 1.21. The van der Waals surface area contributed by atoms with Gasteiger partial charge >= 0.3 is 5.97 Å². The van der Waals surface area contributed by atoms with Crippen molar-refractivity contribution in [2.75, 3.05) is 6.61 Å². The van der Waals surface area contributed by atoms with Crippen molar-refractivity contribution < 1.29 is 24.5 Å². The van der Waals surface area contributed by atoms with Gasteiger partial charge in [0.05, 0.1) is 18.8 Å². The molecule has 0 spiro atoms. The summed E-state index contributed by atoms with van der Waals surface area (Å²) in [6.45, 7) is 0.496. The van der Waals surface area contributed by atoms with Crippen LogP contribution in [0.2, 0.25) is 0 Å². The largest absolute Gasteiger partial charge is 0.493 e. The van der Waals surface area contributed by atoms with Crippen molar-refractivity contribution in [1.29, 1.82) is 0 Å². The van der Waals surface area contributed by atoms with Crippen LogP contribution in [0.15, 0.2) is 23.6 Å². The number of hydrogen-bond donors (Lipinski definition) is 2. The van der Waals surface area contributed by atoms with Gasteiger partial charge < -0.3 is 19.7 Å². The summed E-state index contributed by atoms with van der Waals surface area (Å²) in [6.07, 6.45) is 6.44. The molecule has 2 heterocycles. The van der Waals surface area contributed by atoms with Crippen molar-refractivity contribution in [2.24, 2.45) is 11.8 Å². The van der Waals surface area contributed by atoms with Gasteiger partial charge in [-0.1, -0.05) is 6.07 Å². The maximum atomic E-state index is 11.1. The zero-order valence-electron chi connectivity index (χ0n) is 16.8. The van der Waals surface area contributed by atoms with Crippen LogP contribution >= 0.6 is 11.3 Å². The minimum absolute atomic E-state index is 0.0342. The van der Waals surface area contributed by atoms with Crippen LogP contribution in [0, 0.1) is 11.8 Å². The first kappa shape index (κ1) is 20.0. The number of rotatable bonds is 5. The van der Waals surface area contributed by atoms with E-state index < -0.39 is 12.1 Å². The quantitative estimate of drug-likeness (QED) is 0.746. The van der Waals surface area contributed by atoms with Crippen molar-refractivity contribution in [3.63, 3.8) is 0 Å². The third-order valence-corrected chi connectivity index (χ3v) is 7.81. The first-order chi connectivity index (χ1) is 14.6. The summed E-state index contributed by atoms with van der Waals surface area (Å²) in [7, 11) is 0. The standard InChI is InChI=1S/C23H27NO5S/c25-19-10-21-16(7-8-20(29-21)22-24-18(12-30-22)23(26)27)17(19)11-28-15-6-5-13-3-1-2-4-14(13)9-15/h5-6,9,12,16-17,19-21,25H,1-4,7-8,10-11H2,(H,26,27)/t16-,17?,19+,20-,21+/m1/s1. The maximum absolute atomic E-state index is 11.1. The number of hydrogen-bond acceptors (Lipinski definition) is 6. The zero-order chi connectivity index (χ0) is 20.7. The fraction of sp³-hybridized carbons (Fsp3) is 0.565. The molecule has 0 radical (unpaired) electrons. The lowest BCUT2D eigenvalue weighted by Gasteiger charge is -2.33. The highest BCUT2D eigenvalue weighted by molar-refractivity contribution is 7.09. The van der Waals surface area contributed by atoms with Crippen LogP contribution in [-0.4, -0.2) is 40.0 Å². The van der Waals surface area contributed by atoms with Gasteiger partial charge in [-0.2, -0.15) is 0 Å². The summed E-state index contributed by atoms with van der Waals surface area (Å²) >= 11 is 1.33. The molecule has 160 valence electrons. The van der Waals surface area contributed by atoms with Crippen LogP contribution < -0.4 is 4.74 Å². The Morgan fingerprint density at radius 3 is 2.87 bits per heavy atom. The third kappa shape index (κ3) is 3.86. The Morgan fingerprint density at radius 2 is 2.07 bits per heavy atom. The van der Waals surface area contributed by atoms with Gasteiger partial charge in [-0.15, -0.1) is 11.3 Å². The molecule has 1 saturated carbocycles. The fourth-order valence-electron chi connectivity index (χ4n) is 5.27. The molecular weight excluding hydrogens is 402 g/mol. The van der Waals surface area contributed by atoms with Crippen molar-refractivity contribution >= 4 is 17.3 Å². The van der Waals surface area contributed by atoms with Gasteiger partial charge in [-0.05, 0) is 67.7 Å². The second-order valence-corrected chi connectivity index (χ2v) is 9.59. The van der Waals surface area contributed by atoms with Crippen LogP contribution in [-0.2, 0) is 17.6 Å². The number of carboxylic acid groups (broad SMARTS) is 1. The third-order valence-electron chi connectivity index (χ3n) is 6.88. The van der Waals surface area contributed by atoms with Gasteiger partial charge in [-0.3, -0.25) is 0 Å². The number of thiazole rings is 1. The van der Waals surface area contributed by atoms with E-state index in [0.29, 0.717) is 18.0 Å². The van der Waals surface area contributed by atoms with Crippen molar-refractivity contribution in [1.82, 2.24) is 4.98 Å². The normalized spacial score (nSPS) is 30.5. The molecule has 7 heteroatoms. The number of benzene rings is 1. The lowest BCUT2D eigenvalue weighted by Crippen LogP contribution is -2.33. The van der Waals surface area contributed by atoms with E-state index in [-0.39, 0.29) is 29.7 Å². The molecule has 0 bridgehead atoms. The van der Waals surface area contributed by atoms with Crippen LogP contribution in [0.3, 0.4) is 0 Å². The number of carbonyl (C=O) groups is 1. The molecule has 30 heavy (non-hydrogen) atoms.